The van der Waals surface area contributed by atoms with Crippen LogP contribution in [-0.4, -0.2) is 30.5 Å². The van der Waals surface area contributed by atoms with E-state index in [1.165, 1.54) is 0 Å². The van der Waals surface area contributed by atoms with E-state index in [9.17, 15) is 4.79 Å². The van der Waals surface area contributed by atoms with E-state index >= 15 is 0 Å². The maximum absolute atomic E-state index is 11.6. The highest BCUT2D eigenvalue weighted by Gasteiger charge is 2.05. The molecule has 0 aromatic carbocycles. The van der Waals surface area contributed by atoms with Gasteiger partial charge in [-0.25, -0.2) is 4.98 Å². The quantitative estimate of drug-likeness (QED) is 0.708. The number of aryl methyl sites for hydroxylation is 1. The van der Waals surface area contributed by atoms with Crippen LogP contribution in [0.2, 0.25) is 0 Å². The highest BCUT2D eigenvalue weighted by molar-refractivity contribution is 5.92. The lowest BCUT2D eigenvalue weighted by Gasteiger charge is -2.05. The Labute approximate surface area is 96.5 Å². The van der Waals surface area contributed by atoms with Crippen molar-refractivity contribution in [1.82, 2.24) is 15.6 Å². The van der Waals surface area contributed by atoms with Gasteiger partial charge in [0.1, 0.15) is 5.69 Å². The fraction of sp³-hybridized carbons (Fsp3) is 0.500. The van der Waals surface area contributed by atoms with Crippen LogP contribution in [-0.2, 0) is 0 Å². The van der Waals surface area contributed by atoms with Gasteiger partial charge in [-0.2, -0.15) is 0 Å². The third kappa shape index (κ3) is 4.40. The molecule has 1 heterocycles. The number of aromatic nitrogens is 1. The van der Waals surface area contributed by atoms with Crippen LogP contribution < -0.4 is 10.6 Å². The predicted octanol–water partition coefficient (Wildman–Crippen LogP) is 1.12. The zero-order chi connectivity index (χ0) is 11.8. The number of pyridine rings is 1. The summed E-state index contributed by atoms with van der Waals surface area (Å²) in [6, 6.07) is 5.45. The molecule has 0 saturated carbocycles. The second-order valence-electron chi connectivity index (χ2n) is 3.63. The molecule has 0 unspecified atom stereocenters. The first kappa shape index (κ1) is 12.6. The summed E-state index contributed by atoms with van der Waals surface area (Å²) in [5, 5.41) is 6.05. The Kier molecular flexibility index (Phi) is 5.50. The van der Waals surface area contributed by atoms with E-state index in [0.717, 1.165) is 25.2 Å². The van der Waals surface area contributed by atoms with Crippen molar-refractivity contribution >= 4 is 5.91 Å². The average Bonchev–Trinajstić information content (AvgIpc) is 2.28. The van der Waals surface area contributed by atoms with Crippen LogP contribution in [0.1, 0.15) is 29.5 Å². The topological polar surface area (TPSA) is 54.0 Å². The van der Waals surface area contributed by atoms with Crippen molar-refractivity contribution in [2.75, 3.05) is 19.6 Å². The molecule has 88 valence electrons. The number of hydrogen-bond donors (Lipinski definition) is 2. The first-order valence-electron chi connectivity index (χ1n) is 5.66. The highest BCUT2D eigenvalue weighted by atomic mass is 16.1. The summed E-state index contributed by atoms with van der Waals surface area (Å²) in [7, 11) is 0. The summed E-state index contributed by atoms with van der Waals surface area (Å²) in [6.45, 7) is 6.52. The molecule has 0 aliphatic carbocycles. The van der Waals surface area contributed by atoms with Crippen LogP contribution in [0.5, 0.6) is 0 Å². The zero-order valence-corrected chi connectivity index (χ0v) is 9.92. The van der Waals surface area contributed by atoms with Gasteiger partial charge < -0.3 is 10.6 Å². The van der Waals surface area contributed by atoms with E-state index in [1.54, 1.807) is 6.07 Å². The van der Waals surface area contributed by atoms with E-state index in [-0.39, 0.29) is 5.91 Å². The number of rotatable bonds is 6. The summed E-state index contributed by atoms with van der Waals surface area (Å²) in [6.07, 6.45) is 0.936. The molecule has 2 N–H and O–H groups in total. The van der Waals surface area contributed by atoms with Gasteiger partial charge in [-0.05, 0) is 38.6 Å². The van der Waals surface area contributed by atoms with E-state index in [2.05, 4.69) is 22.5 Å². The zero-order valence-electron chi connectivity index (χ0n) is 9.92. The maximum atomic E-state index is 11.6. The van der Waals surface area contributed by atoms with Gasteiger partial charge >= 0.3 is 0 Å². The fourth-order valence-corrected chi connectivity index (χ4v) is 1.35. The van der Waals surface area contributed by atoms with Crippen LogP contribution in [0.15, 0.2) is 18.2 Å². The van der Waals surface area contributed by atoms with Gasteiger partial charge in [0.15, 0.2) is 0 Å². The van der Waals surface area contributed by atoms with Gasteiger partial charge in [0.25, 0.3) is 5.91 Å². The normalized spacial score (nSPS) is 10.1. The molecule has 0 atom stereocenters. The molecule has 4 nitrogen and oxygen atoms in total. The minimum absolute atomic E-state index is 0.0970. The van der Waals surface area contributed by atoms with Crippen molar-refractivity contribution in [2.24, 2.45) is 0 Å². The van der Waals surface area contributed by atoms with Gasteiger partial charge in [0.05, 0.1) is 0 Å². The Morgan fingerprint density at radius 1 is 1.38 bits per heavy atom. The molecule has 1 rings (SSSR count). The van der Waals surface area contributed by atoms with Crippen LogP contribution >= 0.6 is 0 Å². The fourth-order valence-electron chi connectivity index (χ4n) is 1.35. The van der Waals surface area contributed by atoms with Gasteiger partial charge in [0, 0.05) is 12.2 Å². The third-order valence-electron chi connectivity index (χ3n) is 2.19. The summed E-state index contributed by atoms with van der Waals surface area (Å²) < 4.78 is 0. The molecule has 0 aliphatic rings. The minimum atomic E-state index is -0.0970. The lowest BCUT2D eigenvalue weighted by molar-refractivity contribution is 0.0948. The average molecular weight is 221 g/mol. The summed E-state index contributed by atoms with van der Waals surface area (Å²) in [5.74, 6) is -0.0970. The van der Waals surface area contributed by atoms with Gasteiger partial charge in [-0.1, -0.05) is 13.0 Å². The van der Waals surface area contributed by atoms with Gasteiger partial charge in [0.2, 0.25) is 0 Å². The molecular formula is C12H19N3O. The molecule has 1 aromatic rings. The number of hydrogen-bond acceptors (Lipinski definition) is 3. The molecule has 0 aliphatic heterocycles. The molecule has 16 heavy (non-hydrogen) atoms. The highest BCUT2D eigenvalue weighted by Crippen LogP contribution is 1.97. The van der Waals surface area contributed by atoms with Gasteiger partial charge in [-0.3, -0.25) is 4.79 Å². The lowest BCUT2D eigenvalue weighted by atomic mass is 10.3. The number of carbonyl (C=O) groups is 1. The van der Waals surface area contributed by atoms with Crippen molar-refractivity contribution in [3.8, 4) is 0 Å². The molecule has 1 aromatic heterocycles. The van der Waals surface area contributed by atoms with Crippen molar-refractivity contribution in [1.29, 1.82) is 0 Å². The summed E-state index contributed by atoms with van der Waals surface area (Å²) in [4.78, 5) is 15.8. The second kappa shape index (κ2) is 6.95. The molecular weight excluding hydrogens is 202 g/mol. The van der Waals surface area contributed by atoms with Crippen molar-refractivity contribution in [3.05, 3.63) is 29.6 Å². The third-order valence-corrected chi connectivity index (χ3v) is 2.19. The Morgan fingerprint density at radius 2 is 2.19 bits per heavy atom. The Hall–Kier alpha value is -1.42. The van der Waals surface area contributed by atoms with E-state index in [1.807, 2.05) is 19.1 Å². The number of nitrogens with one attached hydrogen (secondary N) is 2. The predicted molar refractivity (Wildman–Crippen MR) is 64.5 cm³/mol. The molecule has 0 spiro atoms. The molecule has 0 fully saturated rings. The summed E-state index contributed by atoms with van der Waals surface area (Å²) >= 11 is 0. The Morgan fingerprint density at radius 3 is 2.88 bits per heavy atom. The SMILES string of the molecule is CCNCCCNC(=O)c1cccc(C)n1. The number of amides is 1. The first-order valence-corrected chi connectivity index (χ1v) is 5.66. The van der Waals surface area contributed by atoms with Crippen molar-refractivity contribution < 1.29 is 4.79 Å². The maximum Gasteiger partial charge on any atom is 0.269 e. The van der Waals surface area contributed by atoms with Crippen LogP contribution in [0, 0.1) is 6.92 Å². The molecule has 0 saturated heterocycles. The standard InChI is InChI=1S/C12H19N3O/c1-3-13-8-5-9-14-12(16)11-7-4-6-10(2)15-11/h4,6-7,13H,3,5,8-9H2,1-2H3,(H,14,16). The lowest BCUT2D eigenvalue weighted by Crippen LogP contribution is -2.28. The monoisotopic (exact) mass is 221 g/mol. The smallest absolute Gasteiger partial charge is 0.269 e. The second-order valence-corrected chi connectivity index (χ2v) is 3.63. The summed E-state index contributed by atoms with van der Waals surface area (Å²) in [5.41, 5.74) is 1.35. The molecule has 0 radical (unpaired) electrons. The minimum Gasteiger partial charge on any atom is -0.351 e. The molecule has 4 heteroatoms. The van der Waals surface area contributed by atoms with E-state index in [4.69, 9.17) is 0 Å². The molecule has 1 amide bonds. The van der Waals surface area contributed by atoms with Crippen molar-refractivity contribution in [3.63, 3.8) is 0 Å². The van der Waals surface area contributed by atoms with Crippen LogP contribution in [0.4, 0.5) is 0 Å². The Balaban J connectivity index is 2.30. The Bertz CT molecular complexity index is 339. The van der Waals surface area contributed by atoms with Gasteiger partial charge in [-0.15, -0.1) is 0 Å². The van der Waals surface area contributed by atoms with E-state index in [0.29, 0.717) is 12.2 Å². The number of carbonyl (C=O) groups excluding carboxylic acids is 1. The first-order chi connectivity index (χ1) is 7.74. The van der Waals surface area contributed by atoms with Crippen molar-refractivity contribution in [2.45, 2.75) is 20.3 Å². The largest absolute Gasteiger partial charge is 0.351 e. The van der Waals surface area contributed by atoms with Crippen LogP contribution in [0.3, 0.4) is 0 Å². The van der Waals surface area contributed by atoms with Crippen LogP contribution in [0.25, 0.3) is 0 Å². The van der Waals surface area contributed by atoms with E-state index < -0.39 is 0 Å². The molecule has 0 bridgehead atoms. The number of nitrogens with zero attached hydrogens (tertiary/aromatic N) is 1.